The molecule has 0 saturated heterocycles. The maximum atomic E-state index is 15.1. The van der Waals surface area contributed by atoms with Crippen molar-refractivity contribution in [3.8, 4) is 11.5 Å². The molecule has 1 aliphatic heterocycles. The molecule has 44 heavy (non-hydrogen) atoms. The predicted molar refractivity (Wildman–Crippen MR) is 156 cm³/mol. The number of methoxy groups -OCH3 is 2. The van der Waals surface area contributed by atoms with E-state index in [1.54, 1.807) is 18.2 Å². The van der Waals surface area contributed by atoms with Crippen LogP contribution in [0, 0.1) is 11.6 Å². The summed E-state index contributed by atoms with van der Waals surface area (Å²) in [6.45, 7) is -0.250. The van der Waals surface area contributed by atoms with Crippen LogP contribution in [0.2, 0.25) is 0 Å². The molecule has 4 aromatic rings. The second kappa shape index (κ2) is 12.7. The van der Waals surface area contributed by atoms with Gasteiger partial charge in [0.15, 0.2) is 23.4 Å². The van der Waals surface area contributed by atoms with Gasteiger partial charge in [0.1, 0.15) is 17.3 Å². The summed E-state index contributed by atoms with van der Waals surface area (Å²) >= 11 is 0. The summed E-state index contributed by atoms with van der Waals surface area (Å²) in [6.07, 6.45) is 1.11. The number of aromatic nitrogens is 1. The molecule has 1 aromatic heterocycles. The van der Waals surface area contributed by atoms with Gasteiger partial charge in [-0.15, -0.1) is 0 Å². The molecule has 2 heterocycles. The summed E-state index contributed by atoms with van der Waals surface area (Å²) in [5.74, 6) is -2.63. The molecule has 2 amide bonds. The normalized spacial score (nSPS) is 14.2. The van der Waals surface area contributed by atoms with Crippen molar-refractivity contribution in [1.29, 1.82) is 0 Å². The van der Waals surface area contributed by atoms with Crippen LogP contribution >= 0.6 is 0 Å². The molecule has 0 bridgehead atoms. The Morgan fingerprint density at radius 1 is 0.955 bits per heavy atom. The van der Waals surface area contributed by atoms with Crippen LogP contribution in [0.3, 0.4) is 0 Å². The van der Waals surface area contributed by atoms with Crippen molar-refractivity contribution in [3.63, 3.8) is 0 Å². The number of hydrogen-bond acceptors (Lipinski definition) is 8. The van der Waals surface area contributed by atoms with E-state index in [0.717, 1.165) is 12.1 Å². The second-order valence-electron chi connectivity index (χ2n) is 9.85. The number of ketones is 2. The Balaban J connectivity index is 1.29. The molecule has 0 fully saturated rings. The molecular formula is C32H26F2N4O6. The van der Waals surface area contributed by atoms with Gasteiger partial charge in [-0.25, -0.2) is 13.8 Å². The van der Waals surface area contributed by atoms with Crippen LogP contribution in [0.15, 0.2) is 79.0 Å². The smallest absolute Gasteiger partial charge is 0.267 e. The molecule has 0 aliphatic carbocycles. The standard InChI is InChI=1S/C32H26F2N4O6/c1-43-27-15-19-5-10-25(35-26(19)16-28(27)44-2)30(41)20-6-9-24(23(34)14-20)36-32(42)31-37-29(40)11-12-38(31)17-22(39)13-18-3-7-21(33)8-4-18/h3-12,14-16,31H,13,17H2,1-2H3,(H,36,42)(H,37,40). The number of carbonyl (C=O) groups excluding carboxylic acids is 4. The van der Waals surface area contributed by atoms with E-state index < -0.39 is 35.4 Å². The van der Waals surface area contributed by atoms with Crippen molar-refractivity contribution in [3.05, 3.63) is 107 Å². The molecule has 10 nitrogen and oxygen atoms in total. The molecule has 1 unspecified atom stereocenters. The summed E-state index contributed by atoms with van der Waals surface area (Å²) in [5, 5.41) is 5.56. The fraction of sp³-hybridized carbons (Fsp3) is 0.156. The molecule has 5 rings (SSSR count). The Morgan fingerprint density at radius 2 is 1.68 bits per heavy atom. The van der Waals surface area contributed by atoms with Crippen LogP contribution in [0.4, 0.5) is 14.5 Å². The minimum absolute atomic E-state index is 0.00487. The zero-order valence-electron chi connectivity index (χ0n) is 23.6. The number of nitrogens with zero attached hydrogens (tertiary/aromatic N) is 2. The number of pyridine rings is 1. The van der Waals surface area contributed by atoms with Crippen LogP contribution in [-0.4, -0.2) is 60.2 Å². The van der Waals surface area contributed by atoms with Crippen molar-refractivity contribution in [2.75, 3.05) is 26.1 Å². The average molecular weight is 601 g/mol. The zero-order chi connectivity index (χ0) is 31.4. The first-order chi connectivity index (χ1) is 21.1. The average Bonchev–Trinajstić information content (AvgIpc) is 3.02. The van der Waals surface area contributed by atoms with Gasteiger partial charge in [-0.2, -0.15) is 0 Å². The van der Waals surface area contributed by atoms with Gasteiger partial charge in [-0.05, 0) is 48.0 Å². The highest BCUT2D eigenvalue weighted by Crippen LogP contribution is 2.31. The summed E-state index contributed by atoms with van der Waals surface area (Å²) in [6, 6.07) is 15.5. The number of rotatable bonds is 10. The van der Waals surface area contributed by atoms with Crippen LogP contribution in [0.1, 0.15) is 21.6 Å². The summed E-state index contributed by atoms with van der Waals surface area (Å²) < 4.78 is 38.9. The molecule has 1 atom stereocenters. The van der Waals surface area contributed by atoms with Gasteiger partial charge in [-0.1, -0.05) is 18.2 Å². The van der Waals surface area contributed by atoms with Gasteiger partial charge < -0.3 is 25.0 Å². The summed E-state index contributed by atoms with van der Waals surface area (Å²) in [7, 11) is 2.99. The lowest BCUT2D eigenvalue weighted by molar-refractivity contribution is -0.130. The minimum atomic E-state index is -1.32. The van der Waals surface area contributed by atoms with E-state index >= 15 is 4.39 Å². The highest BCUT2D eigenvalue weighted by atomic mass is 19.1. The van der Waals surface area contributed by atoms with Crippen LogP contribution in [-0.2, 0) is 20.8 Å². The quantitative estimate of drug-likeness (QED) is 0.264. The summed E-state index contributed by atoms with van der Waals surface area (Å²) in [5.41, 5.74) is 0.879. The van der Waals surface area contributed by atoms with Crippen molar-refractivity contribution in [2.24, 2.45) is 0 Å². The van der Waals surface area contributed by atoms with E-state index in [2.05, 4.69) is 15.6 Å². The van der Waals surface area contributed by atoms with E-state index in [9.17, 15) is 23.6 Å². The van der Waals surface area contributed by atoms with Crippen molar-refractivity contribution >= 4 is 40.0 Å². The zero-order valence-corrected chi connectivity index (χ0v) is 23.6. The SMILES string of the molecule is COc1cc2ccc(C(=O)c3ccc(NC(=O)C4NC(=O)C=CN4CC(=O)Cc4ccc(F)cc4)c(F)c3)nc2cc1OC. The third-order valence-electron chi connectivity index (χ3n) is 6.87. The number of amides is 2. The van der Waals surface area contributed by atoms with Crippen molar-refractivity contribution < 1.29 is 37.4 Å². The molecule has 0 radical (unpaired) electrons. The molecule has 3 aromatic carbocycles. The number of ether oxygens (including phenoxy) is 2. The molecule has 0 spiro atoms. The van der Waals surface area contributed by atoms with Crippen molar-refractivity contribution in [2.45, 2.75) is 12.6 Å². The Hall–Kier alpha value is -5.65. The minimum Gasteiger partial charge on any atom is -0.493 e. The third-order valence-corrected chi connectivity index (χ3v) is 6.87. The molecule has 224 valence electrons. The fourth-order valence-electron chi connectivity index (χ4n) is 4.65. The van der Waals surface area contributed by atoms with Crippen LogP contribution in [0.25, 0.3) is 10.9 Å². The maximum absolute atomic E-state index is 15.1. The topological polar surface area (TPSA) is 127 Å². The number of carbonyl (C=O) groups is 4. The van der Waals surface area contributed by atoms with E-state index in [4.69, 9.17) is 9.47 Å². The van der Waals surface area contributed by atoms with E-state index in [1.165, 1.54) is 67.8 Å². The second-order valence-corrected chi connectivity index (χ2v) is 9.85. The van der Waals surface area contributed by atoms with Gasteiger partial charge in [-0.3, -0.25) is 19.2 Å². The van der Waals surface area contributed by atoms with E-state index in [-0.39, 0.29) is 35.7 Å². The number of hydrogen-bond donors (Lipinski definition) is 2. The Bertz CT molecular complexity index is 1810. The van der Waals surface area contributed by atoms with Gasteiger partial charge in [0.05, 0.1) is 32.0 Å². The first-order valence-electron chi connectivity index (χ1n) is 13.3. The highest BCUT2D eigenvalue weighted by Gasteiger charge is 2.30. The molecule has 2 N–H and O–H groups in total. The number of halogens is 2. The number of fused-ring (bicyclic) bond motifs is 1. The van der Waals surface area contributed by atoms with Crippen LogP contribution < -0.4 is 20.1 Å². The Morgan fingerprint density at radius 3 is 2.39 bits per heavy atom. The van der Waals surface area contributed by atoms with Gasteiger partial charge in [0.25, 0.3) is 5.91 Å². The van der Waals surface area contributed by atoms with Crippen LogP contribution in [0.5, 0.6) is 11.5 Å². The van der Waals surface area contributed by atoms with Crippen molar-refractivity contribution in [1.82, 2.24) is 15.2 Å². The first kappa shape index (κ1) is 29.8. The monoisotopic (exact) mass is 600 g/mol. The number of benzene rings is 3. The number of anilines is 1. The Labute approximate surface area is 250 Å². The van der Waals surface area contributed by atoms with Gasteiger partial charge in [0.2, 0.25) is 11.7 Å². The molecular weight excluding hydrogens is 574 g/mol. The molecule has 12 heteroatoms. The lowest BCUT2D eigenvalue weighted by Gasteiger charge is -2.32. The van der Waals surface area contributed by atoms with E-state index in [1.807, 2.05) is 0 Å². The third kappa shape index (κ3) is 6.54. The van der Waals surface area contributed by atoms with Gasteiger partial charge in [0, 0.05) is 35.7 Å². The first-order valence-corrected chi connectivity index (χ1v) is 13.3. The molecule has 1 aliphatic rings. The highest BCUT2D eigenvalue weighted by molar-refractivity contribution is 6.09. The lowest BCUT2D eigenvalue weighted by atomic mass is 10.1. The van der Waals surface area contributed by atoms with Gasteiger partial charge >= 0.3 is 0 Å². The number of nitrogens with one attached hydrogen (secondary N) is 2. The number of Topliss-reactive ketones (excluding diaryl/α,β-unsaturated/α-hetero) is 1. The molecule has 0 saturated carbocycles. The Kier molecular flexibility index (Phi) is 8.61. The summed E-state index contributed by atoms with van der Waals surface area (Å²) in [4.78, 5) is 56.6. The largest absolute Gasteiger partial charge is 0.493 e. The predicted octanol–water partition coefficient (Wildman–Crippen LogP) is 3.78. The van der Waals surface area contributed by atoms with E-state index in [0.29, 0.717) is 28.0 Å². The lowest BCUT2D eigenvalue weighted by Crippen LogP contribution is -2.56. The maximum Gasteiger partial charge on any atom is 0.267 e. The fourth-order valence-corrected chi connectivity index (χ4v) is 4.65.